The molecule has 31 heavy (non-hydrogen) atoms. The fraction of sp³-hybridized carbons (Fsp3) is 0.409. The first-order chi connectivity index (χ1) is 14.7. The number of para-hydroxylation sites is 1. The molecule has 3 rings (SSSR count). The molecule has 1 fully saturated rings. The smallest absolute Gasteiger partial charge is 0.341 e. The van der Waals surface area contributed by atoms with Crippen molar-refractivity contribution in [1.29, 1.82) is 0 Å². The first kappa shape index (κ1) is 23.0. The Labute approximate surface area is 179 Å². The van der Waals surface area contributed by atoms with Crippen LogP contribution in [0.2, 0.25) is 0 Å². The van der Waals surface area contributed by atoms with Gasteiger partial charge in [0.25, 0.3) is 0 Å². The molecular weight excluding hydrogens is 408 g/mol. The summed E-state index contributed by atoms with van der Waals surface area (Å²) in [6, 6.07) is 10.6. The Balaban J connectivity index is 1.90. The van der Waals surface area contributed by atoms with Crippen LogP contribution in [0.15, 0.2) is 36.4 Å². The van der Waals surface area contributed by atoms with Crippen LogP contribution in [-0.2, 0) is 9.53 Å². The number of hydrogen-bond donors (Lipinski definition) is 5. The molecule has 1 saturated heterocycles. The van der Waals surface area contributed by atoms with Gasteiger partial charge < -0.3 is 39.7 Å². The summed E-state index contributed by atoms with van der Waals surface area (Å²) < 4.78 is 16.6. The second kappa shape index (κ2) is 9.63. The van der Waals surface area contributed by atoms with Crippen LogP contribution in [0.1, 0.15) is 11.1 Å². The molecule has 0 aromatic heterocycles. The summed E-state index contributed by atoms with van der Waals surface area (Å²) in [5.74, 6) is -0.232. The molecule has 0 radical (unpaired) electrons. The molecule has 0 bridgehead atoms. The highest BCUT2D eigenvalue weighted by atomic mass is 16.7. The molecule has 2 aromatic carbocycles. The molecule has 0 aliphatic carbocycles. The van der Waals surface area contributed by atoms with Gasteiger partial charge in [0.15, 0.2) is 6.61 Å². The van der Waals surface area contributed by atoms with Gasteiger partial charge >= 0.3 is 5.97 Å². The maximum absolute atomic E-state index is 10.8. The predicted molar refractivity (Wildman–Crippen MR) is 109 cm³/mol. The maximum Gasteiger partial charge on any atom is 0.341 e. The lowest BCUT2D eigenvalue weighted by Gasteiger charge is -2.39. The maximum atomic E-state index is 10.8. The van der Waals surface area contributed by atoms with Crippen LogP contribution >= 0.6 is 0 Å². The first-order valence-corrected chi connectivity index (χ1v) is 9.75. The van der Waals surface area contributed by atoms with Gasteiger partial charge in [0.2, 0.25) is 6.29 Å². The zero-order chi connectivity index (χ0) is 22.7. The summed E-state index contributed by atoms with van der Waals surface area (Å²) >= 11 is 0. The molecule has 1 aliphatic heterocycles. The van der Waals surface area contributed by atoms with E-state index >= 15 is 0 Å². The van der Waals surface area contributed by atoms with E-state index in [0.717, 1.165) is 16.7 Å². The van der Waals surface area contributed by atoms with Gasteiger partial charge in [-0.3, -0.25) is 0 Å². The Morgan fingerprint density at radius 3 is 2.29 bits per heavy atom. The largest absolute Gasteiger partial charge is 0.481 e. The number of benzene rings is 2. The minimum absolute atomic E-state index is 0.352. The number of hydrogen-bond acceptors (Lipinski definition) is 8. The number of aliphatic hydroxyl groups is 4. The highest BCUT2D eigenvalue weighted by molar-refractivity contribution is 5.73. The van der Waals surface area contributed by atoms with Gasteiger partial charge in [-0.15, -0.1) is 0 Å². The molecule has 9 heteroatoms. The van der Waals surface area contributed by atoms with Crippen LogP contribution < -0.4 is 9.47 Å². The summed E-state index contributed by atoms with van der Waals surface area (Å²) in [5, 5.41) is 48.4. The number of carboxylic acid groups (broad SMARTS) is 1. The molecule has 5 N–H and O–H groups in total. The van der Waals surface area contributed by atoms with Crippen LogP contribution in [-0.4, -0.2) is 75.4 Å². The van der Waals surface area contributed by atoms with Crippen molar-refractivity contribution in [1.82, 2.24) is 0 Å². The molecule has 0 saturated carbocycles. The number of carbonyl (C=O) groups is 1. The van der Waals surface area contributed by atoms with E-state index < -0.39 is 49.9 Å². The Morgan fingerprint density at radius 1 is 1.03 bits per heavy atom. The number of aliphatic hydroxyl groups excluding tert-OH is 4. The fourth-order valence-electron chi connectivity index (χ4n) is 3.57. The molecule has 5 atom stereocenters. The second-order valence-corrected chi connectivity index (χ2v) is 7.43. The van der Waals surface area contributed by atoms with Crippen LogP contribution in [0.4, 0.5) is 0 Å². The minimum atomic E-state index is -1.54. The van der Waals surface area contributed by atoms with E-state index in [-0.39, 0.29) is 0 Å². The highest BCUT2D eigenvalue weighted by Gasteiger charge is 2.44. The molecule has 1 heterocycles. The first-order valence-electron chi connectivity index (χ1n) is 9.75. The number of ether oxygens (including phenoxy) is 3. The van der Waals surface area contributed by atoms with E-state index in [2.05, 4.69) is 0 Å². The predicted octanol–water partition coefficient (Wildman–Crippen LogP) is 0.613. The van der Waals surface area contributed by atoms with Gasteiger partial charge in [0.1, 0.15) is 35.9 Å². The molecule has 0 unspecified atom stereocenters. The molecule has 0 amide bonds. The normalized spacial score (nSPS) is 25.8. The van der Waals surface area contributed by atoms with Crippen LogP contribution in [0.25, 0.3) is 11.1 Å². The van der Waals surface area contributed by atoms with E-state index in [4.69, 9.17) is 19.3 Å². The van der Waals surface area contributed by atoms with Crippen molar-refractivity contribution in [3.63, 3.8) is 0 Å². The molecular formula is C22H26O9. The number of aryl methyl sites for hydroxylation is 2. The van der Waals surface area contributed by atoms with Crippen molar-refractivity contribution in [3.05, 3.63) is 47.5 Å². The molecule has 9 nitrogen and oxygen atoms in total. The summed E-state index contributed by atoms with van der Waals surface area (Å²) in [6.07, 6.45) is -6.93. The third-order valence-electron chi connectivity index (χ3n) is 5.09. The van der Waals surface area contributed by atoms with Crippen LogP contribution in [0, 0.1) is 13.8 Å². The lowest BCUT2D eigenvalue weighted by atomic mass is 9.98. The second-order valence-electron chi connectivity index (χ2n) is 7.43. The molecule has 168 valence electrons. The van der Waals surface area contributed by atoms with E-state index in [9.17, 15) is 25.2 Å². The highest BCUT2D eigenvalue weighted by Crippen LogP contribution is 2.36. The lowest BCUT2D eigenvalue weighted by Crippen LogP contribution is -2.60. The van der Waals surface area contributed by atoms with Crippen LogP contribution in [0.5, 0.6) is 11.5 Å². The molecule has 2 aromatic rings. The van der Waals surface area contributed by atoms with Gasteiger partial charge in [0, 0.05) is 5.56 Å². The van der Waals surface area contributed by atoms with Crippen molar-refractivity contribution in [3.8, 4) is 22.6 Å². The van der Waals surface area contributed by atoms with E-state index in [0.29, 0.717) is 17.1 Å². The lowest BCUT2D eigenvalue weighted by molar-refractivity contribution is -0.277. The minimum Gasteiger partial charge on any atom is -0.481 e. The van der Waals surface area contributed by atoms with Gasteiger partial charge in [-0.2, -0.15) is 0 Å². The zero-order valence-corrected chi connectivity index (χ0v) is 17.1. The molecule has 0 spiro atoms. The van der Waals surface area contributed by atoms with Crippen molar-refractivity contribution in [2.75, 3.05) is 13.2 Å². The van der Waals surface area contributed by atoms with E-state index in [1.165, 1.54) is 0 Å². The topological polar surface area (TPSA) is 146 Å². The number of rotatable bonds is 7. The summed E-state index contributed by atoms with van der Waals surface area (Å²) in [7, 11) is 0. The Bertz CT molecular complexity index is 904. The van der Waals surface area contributed by atoms with E-state index in [1.807, 2.05) is 12.1 Å². The third kappa shape index (κ3) is 4.97. The zero-order valence-electron chi connectivity index (χ0n) is 17.1. The summed E-state index contributed by atoms with van der Waals surface area (Å²) in [6.45, 7) is 2.60. The van der Waals surface area contributed by atoms with Crippen molar-refractivity contribution in [2.24, 2.45) is 0 Å². The van der Waals surface area contributed by atoms with Gasteiger partial charge in [-0.05, 0) is 48.7 Å². The van der Waals surface area contributed by atoms with E-state index in [1.54, 1.807) is 38.1 Å². The van der Waals surface area contributed by atoms with Crippen molar-refractivity contribution in [2.45, 2.75) is 44.6 Å². The average Bonchev–Trinajstić information content (AvgIpc) is 2.73. The fourth-order valence-corrected chi connectivity index (χ4v) is 3.57. The van der Waals surface area contributed by atoms with Gasteiger partial charge in [0.05, 0.1) is 6.61 Å². The Morgan fingerprint density at radius 2 is 1.68 bits per heavy atom. The van der Waals surface area contributed by atoms with Crippen molar-refractivity contribution < 1.29 is 44.5 Å². The monoisotopic (exact) mass is 434 g/mol. The average molecular weight is 434 g/mol. The molecule has 1 aliphatic rings. The van der Waals surface area contributed by atoms with Crippen molar-refractivity contribution >= 4 is 5.97 Å². The number of carboxylic acids is 1. The Kier molecular flexibility index (Phi) is 7.14. The quantitative estimate of drug-likeness (QED) is 0.423. The summed E-state index contributed by atoms with van der Waals surface area (Å²) in [4.78, 5) is 10.8. The summed E-state index contributed by atoms with van der Waals surface area (Å²) in [5.41, 5.74) is 2.89. The number of aliphatic carboxylic acids is 1. The van der Waals surface area contributed by atoms with Gasteiger partial charge in [-0.25, -0.2) is 4.79 Å². The standard InChI is InChI=1S/C22H26O9/c1-11-7-13(8-12(2)21(11)29-10-17(24)25)14-5-3-4-6-15(14)30-22-20(28)19(27)18(26)16(9-23)31-22/h3-8,16,18-20,22-23,26-28H,9-10H2,1-2H3,(H,24,25)/t16-,18-,19+,20+,22+/m1/s1. The third-order valence-corrected chi connectivity index (χ3v) is 5.09. The Hall–Kier alpha value is -2.69. The van der Waals surface area contributed by atoms with Crippen LogP contribution in [0.3, 0.4) is 0 Å². The SMILES string of the molecule is Cc1cc(-c2ccccc2O[C@H]2O[C@H](CO)[C@@H](O)[C@H](O)[C@@H]2O)cc(C)c1OCC(=O)O. The van der Waals surface area contributed by atoms with Gasteiger partial charge in [-0.1, -0.05) is 18.2 Å².